The number of amides is 2. The van der Waals surface area contributed by atoms with Crippen LogP contribution in [0.3, 0.4) is 0 Å². The summed E-state index contributed by atoms with van der Waals surface area (Å²) >= 11 is 1.52. The molecular weight excluding hydrogens is 280 g/mol. The number of hydrogen-bond donors (Lipinski definition) is 3. The number of urea groups is 1. The van der Waals surface area contributed by atoms with Gasteiger partial charge < -0.3 is 15.3 Å². The van der Waals surface area contributed by atoms with Crippen LogP contribution in [0.4, 0.5) is 4.79 Å². The third-order valence-electron chi connectivity index (χ3n) is 3.09. The van der Waals surface area contributed by atoms with Crippen molar-refractivity contribution in [2.24, 2.45) is 0 Å². The number of nitrogens with one attached hydrogen (secondary N) is 2. The molecular formula is C11H20N6O2S. The Morgan fingerprint density at radius 3 is 2.90 bits per heavy atom. The molecule has 2 rings (SSSR count). The van der Waals surface area contributed by atoms with Crippen LogP contribution in [0.5, 0.6) is 0 Å². The predicted molar refractivity (Wildman–Crippen MR) is 75.6 cm³/mol. The van der Waals surface area contributed by atoms with Gasteiger partial charge in [-0.3, -0.25) is 10.00 Å². The van der Waals surface area contributed by atoms with E-state index in [4.69, 9.17) is 5.11 Å². The molecule has 2 heterocycles. The van der Waals surface area contributed by atoms with Gasteiger partial charge in [0.1, 0.15) is 6.33 Å². The van der Waals surface area contributed by atoms with E-state index in [1.165, 1.54) is 18.1 Å². The first-order valence-electron chi connectivity index (χ1n) is 6.64. The van der Waals surface area contributed by atoms with E-state index in [0.717, 1.165) is 24.0 Å². The molecule has 9 heteroatoms. The highest BCUT2D eigenvalue weighted by molar-refractivity contribution is 7.99. The molecule has 0 radical (unpaired) electrons. The van der Waals surface area contributed by atoms with Gasteiger partial charge in [0.2, 0.25) is 0 Å². The van der Waals surface area contributed by atoms with Gasteiger partial charge in [0.25, 0.3) is 0 Å². The Hall–Kier alpha value is -1.32. The molecule has 0 aromatic carbocycles. The molecule has 0 aliphatic carbocycles. The minimum atomic E-state index is -0.0215. The van der Waals surface area contributed by atoms with Gasteiger partial charge >= 0.3 is 6.03 Å². The third-order valence-corrected chi connectivity index (χ3v) is 3.96. The summed E-state index contributed by atoms with van der Waals surface area (Å²) in [5, 5.41) is 19.0. The van der Waals surface area contributed by atoms with E-state index in [1.807, 2.05) is 4.90 Å². The van der Waals surface area contributed by atoms with Gasteiger partial charge in [-0.25, -0.2) is 9.78 Å². The number of hydrogen-bond acceptors (Lipinski definition) is 6. The van der Waals surface area contributed by atoms with Crippen molar-refractivity contribution in [2.45, 2.75) is 5.16 Å². The maximum atomic E-state index is 11.9. The molecule has 8 nitrogen and oxygen atoms in total. The van der Waals surface area contributed by atoms with Gasteiger partial charge in [-0.1, -0.05) is 11.8 Å². The van der Waals surface area contributed by atoms with Gasteiger partial charge in [0, 0.05) is 45.0 Å². The summed E-state index contributed by atoms with van der Waals surface area (Å²) in [5.41, 5.74) is 0. The van der Waals surface area contributed by atoms with Crippen molar-refractivity contribution in [3.05, 3.63) is 6.33 Å². The van der Waals surface area contributed by atoms with Crippen molar-refractivity contribution < 1.29 is 9.90 Å². The second-order valence-electron chi connectivity index (χ2n) is 4.42. The third kappa shape index (κ3) is 4.66. The Bertz CT molecular complexity index is 394. The van der Waals surface area contributed by atoms with E-state index in [1.54, 1.807) is 0 Å². The van der Waals surface area contributed by atoms with Gasteiger partial charge in [-0.15, -0.1) is 0 Å². The standard InChI is InChI=1S/C11H20N6O2S/c18-7-6-16-2-4-17(5-3-16)11(19)12-1-8-20-10-13-9-14-15-10/h9,18H,1-8H2,(H,12,19)(H,13,14,15). The summed E-state index contributed by atoms with van der Waals surface area (Å²) in [4.78, 5) is 19.9. The van der Waals surface area contributed by atoms with Crippen molar-refractivity contribution in [1.29, 1.82) is 0 Å². The number of rotatable bonds is 6. The largest absolute Gasteiger partial charge is 0.395 e. The Labute approximate surface area is 121 Å². The number of piperazine rings is 1. The molecule has 0 bridgehead atoms. The summed E-state index contributed by atoms with van der Waals surface area (Å²) < 4.78 is 0. The molecule has 1 aromatic heterocycles. The van der Waals surface area contributed by atoms with Crippen LogP contribution in [0.2, 0.25) is 0 Å². The lowest BCUT2D eigenvalue weighted by atomic mass is 10.3. The average molecular weight is 300 g/mol. The van der Waals surface area contributed by atoms with Crippen LogP contribution in [0.15, 0.2) is 11.5 Å². The average Bonchev–Trinajstić information content (AvgIpc) is 2.98. The van der Waals surface area contributed by atoms with Crippen molar-refractivity contribution in [3.63, 3.8) is 0 Å². The first-order chi connectivity index (χ1) is 9.79. The number of carbonyl (C=O) groups excluding carboxylic acids is 1. The summed E-state index contributed by atoms with van der Waals surface area (Å²) in [6, 6.07) is -0.0215. The molecule has 1 aliphatic rings. The Morgan fingerprint density at radius 2 is 2.25 bits per heavy atom. The summed E-state index contributed by atoms with van der Waals surface area (Å²) in [6.45, 7) is 4.51. The highest BCUT2D eigenvalue weighted by atomic mass is 32.2. The zero-order valence-electron chi connectivity index (χ0n) is 11.3. The quantitative estimate of drug-likeness (QED) is 0.471. The molecule has 112 valence electrons. The SMILES string of the molecule is O=C(NCCSc1ncn[nH]1)N1CCN(CCO)CC1. The van der Waals surface area contributed by atoms with Crippen molar-refractivity contribution >= 4 is 17.8 Å². The first kappa shape index (κ1) is 15.1. The number of H-pyrrole nitrogens is 1. The van der Waals surface area contributed by atoms with Gasteiger partial charge in [0.15, 0.2) is 5.16 Å². The zero-order chi connectivity index (χ0) is 14.2. The number of carbonyl (C=O) groups is 1. The molecule has 0 saturated carbocycles. The predicted octanol–water partition coefficient (Wildman–Crippen LogP) is -0.784. The maximum absolute atomic E-state index is 11.9. The molecule has 3 N–H and O–H groups in total. The van der Waals surface area contributed by atoms with Crippen LogP contribution in [0.1, 0.15) is 0 Å². The van der Waals surface area contributed by atoms with Crippen molar-refractivity contribution in [3.8, 4) is 0 Å². The molecule has 0 spiro atoms. The van der Waals surface area contributed by atoms with Gasteiger partial charge in [-0.2, -0.15) is 5.10 Å². The Balaban J connectivity index is 1.58. The zero-order valence-corrected chi connectivity index (χ0v) is 12.1. The minimum Gasteiger partial charge on any atom is -0.395 e. The molecule has 20 heavy (non-hydrogen) atoms. The second kappa shape index (κ2) is 8.08. The highest BCUT2D eigenvalue weighted by Gasteiger charge is 2.20. The smallest absolute Gasteiger partial charge is 0.317 e. The number of thioether (sulfide) groups is 1. The van der Waals surface area contributed by atoms with Crippen LogP contribution in [0, 0.1) is 0 Å². The number of aromatic nitrogens is 3. The number of nitrogens with zero attached hydrogens (tertiary/aromatic N) is 4. The lowest BCUT2D eigenvalue weighted by Gasteiger charge is -2.34. The molecule has 1 fully saturated rings. The molecule has 2 amide bonds. The lowest BCUT2D eigenvalue weighted by molar-refractivity contribution is 0.122. The van der Waals surface area contributed by atoms with Gasteiger partial charge in [0.05, 0.1) is 6.61 Å². The van der Waals surface area contributed by atoms with E-state index in [0.29, 0.717) is 26.2 Å². The number of aliphatic hydroxyl groups excluding tert-OH is 1. The topological polar surface area (TPSA) is 97.4 Å². The summed E-state index contributed by atoms with van der Waals surface area (Å²) in [7, 11) is 0. The Kier molecular flexibility index (Phi) is 6.09. The van der Waals surface area contributed by atoms with E-state index in [-0.39, 0.29) is 12.6 Å². The van der Waals surface area contributed by atoms with Crippen LogP contribution < -0.4 is 5.32 Å². The normalized spacial score (nSPS) is 16.4. The first-order valence-corrected chi connectivity index (χ1v) is 7.62. The van der Waals surface area contributed by atoms with Crippen molar-refractivity contribution in [1.82, 2.24) is 30.3 Å². The molecule has 0 atom stereocenters. The monoisotopic (exact) mass is 300 g/mol. The fourth-order valence-electron chi connectivity index (χ4n) is 2.00. The van der Waals surface area contributed by atoms with Crippen LogP contribution >= 0.6 is 11.8 Å². The second-order valence-corrected chi connectivity index (χ2v) is 5.51. The lowest BCUT2D eigenvalue weighted by Crippen LogP contribution is -2.52. The fraction of sp³-hybridized carbons (Fsp3) is 0.727. The van der Waals surface area contributed by atoms with Crippen molar-refractivity contribution in [2.75, 3.05) is 51.6 Å². The fourth-order valence-corrected chi connectivity index (χ4v) is 2.63. The molecule has 0 unspecified atom stereocenters. The molecule has 1 saturated heterocycles. The summed E-state index contributed by atoms with van der Waals surface area (Å²) in [5.74, 6) is 0.755. The van der Waals surface area contributed by atoms with E-state index in [2.05, 4.69) is 25.4 Å². The van der Waals surface area contributed by atoms with E-state index < -0.39 is 0 Å². The van der Waals surface area contributed by atoms with Crippen LogP contribution in [-0.4, -0.2) is 87.7 Å². The summed E-state index contributed by atoms with van der Waals surface area (Å²) in [6.07, 6.45) is 1.47. The molecule has 1 aromatic rings. The van der Waals surface area contributed by atoms with E-state index in [9.17, 15) is 4.79 Å². The molecule has 1 aliphatic heterocycles. The number of β-amino-alcohol motifs (C(OH)–C–C–N with tert-alkyl or cyclic N) is 1. The minimum absolute atomic E-state index is 0.0215. The van der Waals surface area contributed by atoms with Gasteiger partial charge in [-0.05, 0) is 0 Å². The number of aromatic amines is 1. The van der Waals surface area contributed by atoms with Crippen LogP contribution in [-0.2, 0) is 0 Å². The highest BCUT2D eigenvalue weighted by Crippen LogP contribution is 2.09. The van der Waals surface area contributed by atoms with Crippen LogP contribution in [0.25, 0.3) is 0 Å². The maximum Gasteiger partial charge on any atom is 0.317 e. The number of aliphatic hydroxyl groups is 1. The van der Waals surface area contributed by atoms with E-state index >= 15 is 0 Å². The Morgan fingerprint density at radius 1 is 1.45 bits per heavy atom.